The number of nitrogens with two attached hydrogens (primary N) is 1. The molecule has 0 amide bonds. The summed E-state index contributed by atoms with van der Waals surface area (Å²) in [5.74, 6) is -0.512. The normalized spacial score (nSPS) is 20.9. The number of hydrogen-bond donors (Lipinski definition) is 1. The molecule has 3 nitrogen and oxygen atoms in total. The molecule has 1 unspecified atom stereocenters. The van der Waals surface area contributed by atoms with E-state index in [0.717, 1.165) is 0 Å². The van der Waals surface area contributed by atoms with Crippen LogP contribution in [0.25, 0.3) is 0 Å². The van der Waals surface area contributed by atoms with Crippen LogP contribution in [0.1, 0.15) is 30.5 Å². The highest BCUT2D eigenvalue weighted by atomic mass is 16.7. The van der Waals surface area contributed by atoms with Gasteiger partial charge in [0.15, 0.2) is 5.79 Å². The molecule has 1 aliphatic rings. The standard InChI is InChI=1S/C13H19NO2/c1-10-5-3-4-6-11(10)12(14)9-13(2)15-7-8-16-13/h3-6,12H,7-9,14H2,1-2H3. The zero-order valence-corrected chi connectivity index (χ0v) is 9.90. The topological polar surface area (TPSA) is 44.5 Å². The van der Waals surface area contributed by atoms with Crippen molar-refractivity contribution in [2.75, 3.05) is 13.2 Å². The van der Waals surface area contributed by atoms with E-state index in [2.05, 4.69) is 19.1 Å². The first-order valence-corrected chi connectivity index (χ1v) is 5.70. The summed E-state index contributed by atoms with van der Waals surface area (Å²) in [6.45, 7) is 5.36. The molecule has 0 bridgehead atoms. The molecule has 1 heterocycles. The molecule has 2 rings (SSSR count). The van der Waals surface area contributed by atoms with Gasteiger partial charge in [-0.25, -0.2) is 0 Å². The van der Waals surface area contributed by atoms with Gasteiger partial charge >= 0.3 is 0 Å². The van der Waals surface area contributed by atoms with E-state index in [1.54, 1.807) is 0 Å². The van der Waals surface area contributed by atoms with Crippen molar-refractivity contribution in [3.05, 3.63) is 35.4 Å². The van der Waals surface area contributed by atoms with E-state index in [4.69, 9.17) is 15.2 Å². The van der Waals surface area contributed by atoms with E-state index in [-0.39, 0.29) is 6.04 Å². The summed E-state index contributed by atoms with van der Waals surface area (Å²) in [6, 6.07) is 8.15. The zero-order valence-electron chi connectivity index (χ0n) is 9.90. The molecule has 0 aliphatic carbocycles. The second-order valence-corrected chi connectivity index (χ2v) is 4.50. The lowest BCUT2D eigenvalue weighted by Crippen LogP contribution is -2.31. The van der Waals surface area contributed by atoms with Crippen LogP contribution in [-0.2, 0) is 9.47 Å². The number of ether oxygens (including phenoxy) is 2. The largest absolute Gasteiger partial charge is 0.348 e. The van der Waals surface area contributed by atoms with Crippen LogP contribution in [0, 0.1) is 6.92 Å². The molecule has 88 valence electrons. The quantitative estimate of drug-likeness (QED) is 0.850. The van der Waals surface area contributed by atoms with E-state index in [1.807, 2.05) is 19.1 Å². The Kier molecular flexibility index (Phi) is 3.28. The van der Waals surface area contributed by atoms with Crippen molar-refractivity contribution < 1.29 is 9.47 Å². The van der Waals surface area contributed by atoms with E-state index in [0.29, 0.717) is 19.6 Å². The molecule has 0 aromatic heterocycles. The van der Waals surface area contributed by atoms with Crippen LogP contribution in [0.4, 0.5) is 0 Å². The average molecular weight is 221 g/mol. The molecule has 1 aromatic rings. The van der Waals surface area contributed by atoms with Crippen molar-refractivity contribution in [3.8, 4) is 0 Å². The van der Waals surface area contributed by atoms with E-state index in [1.165, 1.54) is 11.1 Å². The monoisotopic (exact) mass is 221 g/mol. The van der Waals surface area contributed by atoms with Gasteiger partial charge in [0.1, 0.15) is 0 Å². The smallest absolute Gasteiger partial charge is 0.167 e. The summed E-state index contributed by atoms with van der Waals surface area (Å²) in [5.41, 5.74) is 8.59. The minimum absolute atomic E-state index is 0.0377. The summed E-state index contributed by atoms with van der Waals surface area (Å²) < 4.78 is 11.1. The number of rotatable bonds is 3. The predicted octanol–water partition coefficient (Wildman–Crippen LogP) is 2.15. The maximum Gasteiger partial charge on any atom is 0.167 e. The Morgan fingerprint density at radius 3 is 2.56 bits per heavy atom. The molecule has 0 spiro atoms. The first kappa shape index (κ1) is 11.6. The highest BCUT2D eigenvalue weighted by molar-refractivity contribution is 5.28. The third-order valence-electron chi connectivity index (χ3n) is 3.08. The van der Waals surface area contributed by atoms with Gasteiger partial charge in [0.05, 0.1) is 13.2 Å². The molecule has 1 aromatic carbocycles. The molecule has 0 saturated carbocycles. The van der Waals surface area contributed by atoms with Crippen LogP contribution in [0.2, 0.25) is 0 Å². The number of aryl methyl sites for hydroxylation is 1. The van der Waals surface area contributed by atoms with Crippen LogP contribution in [0.15, 0.2) is 24.3 Å². The van der Waals surface area contributed by atoms with Crippen LogP contribution < -0.4 is 5.73 Å². The molecule has 3 heteroatoms. The maximum absolute atomic E-state index is 6.20. The van der Waals surface area contributed by atoms with Crippen LogP contribution in [0.5, 0.6) is 0 Å². The van der Waals surface area contributed by atoms with Gasteiger partial charge in [0, 0.05) is 12.5 Å². The molecule has 2 N–H and O–H groups in total. The van der Waals surface area contributed by atoms with Gasteiger partial charge in [0.25, 0.3) is 0 Å². The SMILES string of the molecule is Cc1ccccc1C(N)CC1(C)OCCO1. The summed E-state index contributed by atoms with van der Waals surface area (Å²) in [6.07, 6.45) is 0.692. The second-order valence-electron chi connectivity index (χ2n) is 4.50. The van der Waals surface area contributed by atoms with Gasteiger partial charge in [-0.1, -0.05) is 24.3 Å². The number of hydrogen-bond acceptors (Lipinski definition) is 3. The molecule has 1 atom stereocenters. The molecule has 0 radical (unpaired) electrons. The van der Waals surface area contributed by atoms with E-state index in [9.17, 15) is 0 Å². The fraction of sp³-hybridized carbons (Fsp3) is 0.538. The summed E-state index contributed by atoms with van der Waals surface area (Å²) in [5, 5.41) is 0. The third-order valence-corrected chi connectivity index (χ3v) is 3.08. The van der Waals surface area contributed by atoms with Gasteiger partial charge in [-0.3, -0.25) is 0 Å². The molecule has 1 saturated heterocycles. The first-order valence-electron chi connectivity index (χ1n) is 5.70. The van der Waals surface area contributed by atoms with Crippen LogP contribution >= 0.6 is 0 Å². The van der Waals surface area contributed by atoms with Crippen LogP contribution in [0.3, 0.4) is 0 Å². The lowest BCUT2D eigenvalue weighted by atomic mass is 9.96. The van der Waals surface area contributed by atoms with Crippen molar-refractivity contribution in [3.63, 3.8) is 0 Å². The summed E-state index contributed by atoms with van der Waals surface area (Å²) in [7, 11) is 0. The molecule has 1 aliphatic heterocycles. The molecule has 16 heavy (non-hydrogen) atoms. The summed E-state index contributed by atoms with van der Waals surface area (Å²) in [4.78, 5) is 0. The lowest BCUT2D eigenvalue weighted by molar-refractivity contribution is -0.150. The van der Waals surface area contributed by atoms with Crippen molar-refractivity contribution in [2.24, 2.45) is 5.73 Å². The van der Waals surface area contributed by atoms with Gasteiger partial charge in [-0.15, -0.1) is 0 Å². The molecular formula is C13H19NO2. The Balaban J connectivity index is 2.08. The fourth-order valence-electron chi connectivity index (χ4n) is 2.19. The third kappa shape index (κ3) is 2.43. The highest BCUT2D eigenvalue weighted by Crippen LogP contribution is 2.30. The Morgan fingerprint density at radius 2 is 1.94 bits per heavy atom. The second kappa shape index (κ2) is 4.53. The van der Waals surface area contributed by atoms with E-state index >= 15 is 0 Å². The Hall–Kier alpha value is -0.900. The predicted molar refractivity (Wildman–Crippen MR) is 63.0 cm³/mol. The Bertz CT molecular complexity index is 359. The van der Waals surface area contributed by atoms with Gasteiger partial charge in [0.2, 0.25) is 0 Å². The Morgan fingerprint density at radius 1 is 1.31 bits per heavy atom. The summed E-state index contributed by atoms with van der Waals surface area (Å²) >= 11 is 0. The van der Waals surface area contributed by atoms with Gasteiger partial charge in [-0.2, -0.15) is 0 Å². The minimum atomic E-state index is -0.512. The lowest BCUT2D eigenvalue weighted by Gasteiger charge is -2.26. The fourth-order valence-corrected chi connectivity index (χ4v) is 2.19. The van der Waals surface area contributed by atoms with E-state index < -0.39 is 5.79 Å². The molecular weight excluding hydrogens is 202 g/mol. The minimum Gasteiger partial charge on any atom is -0.348 e. The maximum atomic E-state index is 6.20. The Labute approximate surface area is 96.5 Å². The zero-order chi connectivity index (χ0) is 11.6. The van der Waals surface area contributed by atoms with Gasteiger partial charge in [-0.05, 0) is 25.0 Å². The van der Waals surface area contributed by atoms with Gasteiger partial charge < -0.3 is 15.2 Å². The van der Waals surface area contributed by atoms with Crippen LogP contribution in [-0.4, -0.2) is 19.0 Å². The highest BCUT2D eigenvalue weighted by Gasteiger charge is 2.33. The average Bonchev–Trinajstić information content (AvgIpc) is 2.65. The van der Waals surface area contributed by atoms with Crippen molar-refractivity contribution in [1.29, 1.82) is 0 Å². The number of benzene rings is 1. The molecule has 1 fully saturated rings. The van der Waals surface area contributed by atoms with Crippen molar-refractivity contribution in [2.45, 2.75) is 32.1 Å². The van der Waals surface area contributed by atoms with Crippen molar-refractivity contribution >= 4 is 0 Å². The first-order chi connectivity index (χ1) is 7.61. The van der Waals surface area contributed by atoms with Crippen molar-refractivity contribution in [1.82, 2.24) is 0 Å².